The molecule has 1 atom stereocenters. The van der Waals surface area contributed by atoms with Gasteiger partial charge in [-0.1, -0.05) is 12.1 Å². The molecule has 0 aromatic heterocycles. The Morgan fingerprint density at radius 1 is 1.38 bits per heavy atom. The summed E-state index contributed by atoms with van der Waals surface area (Å²) in [5.74, 6) is -0.111. The molecule has 1 rings (SSSR count). The average Bonchev–Trinajstić information content (AvgIpc) is 2.27. The van der Waals surface area contributed by atoms with Crippen LogP contribution in [0.3, 0.4) is 0 Å². The maximum Gasteiger partial charge on any atom is 0.307 e. The summed E-state index contributed by atoms with van der Waals surface area (Å²) in [6, 6.07) is 7.03. The molecular weight excluding hydrogens is 208 g/mol. The molecule has 0 spiro atoms. The van der Waals surface area contributed by atoms with Crippen molar-refractivity contribution < 1.29 is 19.4 Å². The first-order valence-electron chi connectivity index (χ1n) is 5.08. The molecule has 0 saturated carbocycles. The monoisotopic (exact) mass is 224 g/mol. The third-order valence-corrected chi connectivity index (χ3v) is 2.17. The van der Waals surface area contributed by atoms with Crippen LogP contribution in [-0.2, 0) is 16.0 Å². The van der Waals surface area contributed by atoms with Gasteiger partial charge in [0.2, 0.25) is 0 Å². The SMILES string of the molecule is COC(C)COc1ccc(CC(=O)O)cc1. The molecule has 1 aromatic rings. The molecule has 88 valence electrons. The Bertz CT molecular complexity index is 331. The Balaban J connectivity index is 2.48. The minimum atomic E-state index is -0.832. The number of hydrogen-bond acceptors (Lipinski definition) is 3. The Labute approximate surface area is 94.8 Å². The fraction of sp³-hybridized carbons (Fsp3) is 0.417. The maximum atomic E-state index is 10.5. The minimum absolute atomic E-state index is 0.0365. The Morgan fingerprint density at radius 3 is 2.50 bits per heavy atom. The van der Waals surface area contributed by atoms with Crippen molar-refractivity contribution in [1.82, 2.24) is 0 Å². The second-order valence-electron chi connectivity index (χ2n) is 3.57. The number of rotatable bonds is 6. The van der Waals surface area contributed by atoms with E-state index in [1.165, 1.54) is 0 Å². The predicted molar refractivity (Wildman–Crippen MR) is 59.7 cm³/mol. The zero-order chi connectivity index (χ0) is 12.0. The Morgan fingerprint density at radius 2 is 2.00 bits per heavy atom. The topological polar surface area (TPSA) is 55.8 Å². The first-order chi connectivity index (χ1) is 7.61. The van der Waals surface area contributed by atoms with Crippen LogP contribution in [0.5, 0.6) is 5.75 Å². The summed E-state index contributed by atoms with van der Waals surface area (Å²) in [5, 5.41) is 8.60. The first-order valence-corrected chi connectivity index (χ1v) is 5.08. The van der Waals surface area contributed by atoms with E-state index >= 15 is 0 Å². The highest BCUT2D eigenvalue weighted by Crippen LogP contribution is 2.13. The zero-order valence-electron chi connectivity index (χ0n) is 9.47. The molecule has 0 radical (unpaired) electrons. The quantitative estimate of drug-likeness (QED) is 0.799. The largest absolute Gasteiger partial charge is 0.491 e. The Hall–Kier alpha value is -1.55. The van der Waals surface area contributed by atoms with Crippen LogP contribution < -0.4 is 4.74 Å². The number of carboxylic acids is 1. The van der Waals surface area contributed by atoms with E-state index in [9.17, 15) is 4.79 Å². The molecule has 0 saturated heterocycles. The van der Waals surface area contributed by atoms with Gasteiger partial charge in [0.1, 0.15) is 12.4 Å². The van der Waals surface area contributed by atoms with E-state index < -0.39 is 5.97 Å². The highest BCUT2D eigenvalue weighted by molar-refractivity contribution is 5.70. The van der Waals surface area contributed by atoms with Crippen molar-refractivity contribution in [1.29, 1.82) is 0 Å². The average molecular weight is 224 g/mol. The molecule has 0 amide bonds. The van der Waals surface area contributed by atoms with Gasteiger partial charge in [0, 0.05) is 7.11 Å². The van der Waals surface area contributed by atoms with Gasteiger partial charge in [-0.3, -0.25) is 4.79 Å². The van der Waals surface area contributed by atoms with E-state index in [4.69, 9.17) is 14.6 Å². The van der Waals surface area contributed by atoms with Crippen molar-refractivity contribution in [3.05, 3.63) is 29.8 Å². The molecule has 0 aliphatic rings. The van der Waals surface area contributed by atoms with Gasteiger partial charge in [0.15, 0.2) is 0 Å². The summed E-state index contributed by atoms with van der Waals surface area (Å²) in [4.78, 5) is 10.5. The zero-order valence-corrected chi connectivity index (χ0v) is 9.47. The second-order valence-corrected chi connectivity index (χ2v) is 3.57. The molecule has 0 aliphatic heterocycles. The van der Waals surface area contributed by atoms with Gasteiger partial charge in [0.05, 0.1) is 12.5 Å². The number of carbonyl (C=O) groups is 1. The molecule has 0 fully saturated rings. The predicted octanol–water partition coefficient (Wildman–Crippen LogP) is 1.73. The highest BCUT2D eigenvalue weighted by Gasteiger charge is 2.02. The molecule has 0 heterocycles. The smallest absolute Gasteiger partial charge is 0.307 e. The minimum Gasteiger partial charge on any atom is -0.491 e. The molecule has 0 bridgehead atoms. The third kappa shape index (κ3) is 4.31. The van der Waals surface area contributed by atoms with E-state index in [0.717, 1.165) is 11.3 Å². The maximum absolute atomic E-state index is 10.5. The van der Waals surface area contributed by atoms with Crippen molar-refractivity contribution in [2.75, 3.05) is 13.7 Å². The van der Waals surface area contributed by atoms with Gasteiger partial charge in [-0.05, 0) is 24.6 Å². The van der Waals surface area contributed by atoms with Crippen LogP contribution in [0.4, 0.5) is 0 Å². The van der Waals surface area contributed by atoms with Crippen LogP contribution in [0, 0.1) is 0 Å². The second kappa shape index (κ2) is 6.12. The lowest BCUT2D eigenvalue weighted by atomic mass is 10.1. The number of carboxylic acid groups (broad SMARTS) is 1. The number of methoxy groups -OCH3 is 1. The molecule has 4 nitrogen and oxygen atoms in total. The summed E-state index contributed by atoms with van der Waals surface area (Å²) in [5.41, 5.74) is 0.764. The van der Waals surface area contributed by atoms with Crippen molar-refractivity contribution in [3.63, 3.8) is 0 Å². The molecule has 4 heteroatoms. The number of benzene rings is 1. The van der Waals surface area contributed by atoms with Crippen LogP contribution in [0.2, 0.25) is 0 Å². The van der Waals surface area contributed by atoms with Crippen molar-refractivity contribution >= 4 is 5.97 Å². The van der Waals surface area contributed by atoms with Crippen LogP contribution >= 0.6 is 0 Å². The summed E-state index contributed by atoms with van der Waals surface area (Å²) >= 11 is 0. The highest BCUT2D eigenvalue weighted by atomic mass is 16.5. The van der Waals surface area contributed by atoms with Crippen LogP contribution in [0.25, 0.3) is 0 Å². The van der Waals surface area contributed by atoms with Crippen LogP contribution in [-0.4, -0.2) is 30.9 Å². The Kier molecular flexibility index (Phi) is 4.79. The van der Waals surface area contributed by atoms with Crippen LogP contribution in [0.1, 0.15) is 12.5 Å². The van der Waals surface area contributed by atoms with E-state index in [1.807, 2.05) is 6.92 Å². The lowest BCUT2D eigenvalue weighted by Gasteiger charge is -2.11. The molecule has 1 unspecified atom stereocenters. The fourth-order valence-corrected chi connectivity index (χ4v) is 1.16. The van der Waals surface area contributed by atoms with E-state index in [1.54, 1.807) is 31.4 Å². The molecule has 0 aliphatic carbocycles. The summed E-state index contributed by atoms with van der Waals surface area (Å²) in [6.07, 6.45) is 0.0769. The van der Waals surface area contributed by atoms with Gasteiger partial charge in [-0.2, -0.15) is 0 Å². The lowest BCUT2D eigenvalue weighted by molar-refractivity contribution is -0.136. The van der Waals surface area contributed by atoms with E-state index in [-0.39, 0.29) is 12.5 Å². The third-order valence-electron chi connectivity index (χ3n) is 2.17. The number of hydrogen-bond donors (Lipinski definition) is 1. The number of ether oxygens (including phenoxy) is 2. The molecule has 16 heavy (non-hydrogen) atoms. The standard InChI is InChI=1S/C12H16O4/c1-9(15-2)8-16-11-5-3-10(4-6-11)7-12(13)14/h3-6,9H,7-8H2,1-2H3,(H,13,14). The summed E-state index contributed by atoms with van der Waals surface area (Å²) in [7, 11) is 1.63. The normalized spacial score (nSPS) is 12.1. The fourth-order valence-electron chi connectivity index (χ4n) is 1.16. The molecular formula is C12H16O4. The van der Waals surface area contributed by atoms with Gasteiger partial charge < -0.3 is 14.6 Å². The summed E-state index contributed by atoms with van der Waals surface area (Å²) < 4.78 is 10.5. The van der Waals surface area contributed by atoms with Gasteiger partial charge in [0.25, 0.3) is 0 Å². The summed E-state index contributed by atoms with van der Waals surface area (Å²) in [6.45, 7) is 2.40. The molecule has 1 aromatic carbocycles. The molecule has 1 N–H and O–H groups in total. The van der Waals surface area contributed by atoms with E-state index in [0.29, 0.717) is 6.61 Å². The van der Waals surface area contributed by atoms with Gasteiger partial charge >= 0.3 is 5.97 Å². The van der Waals surface area contributed by atoms with E-state index in [2.05, 4.69) is 0 Å². The van der Waals surface area contributed by atoms with Crippen molar-refractivity contribution in [2.24, 2.45) is 0 Å². The lowest BCUT2D eigenvalue weighted by Crippen LogP contribution is -2.15. The van der Waals surface area contributed by atoms with Gasteiger partial charge in [-0.25, -0.2) is 0 Å². The van der Waals surface area contributed by atoms with Crippen LogP contribution in [0.15, 0.2) is 24.3 Å². The van der Waals surface area contributed by atoms with Gasteiger partial charge in [-0.15, -0.1) is 0 Å². The first kappa shape index (κ1) is 12.5. The van der Waals surface area contributed by atoms with Crippen molar-refractivity contribution in [2.45, 2.75) is 19.4 Å². The number of aliphatic carboxylic acids is 1. The van der Waals surface area contributed by atoms with Crippen molar-refractivity contribution in [3.8, 4) is 5.75 Å².